The van der Waals surface area contributed by atoms with Gasteiger partial charge in [0.15, 0.2) is 5.82 Å². The van der Waals surface area contributed by atoms with E-state index in [1.165, 1.54) is 23.9 Å². The minimum absolute atomic E-state index is 0.0444. The topological polar surface area (TPSA) is 128 Å². The molecule has 0 unspecified atom stereocenters. The highest BCUT2D eigenvalue weighted by Crippen LogP contribution is 2.19. The maximum absolute atomic E-state index is 12.9. The molecule has 0 aliphatic rings. The molecule has 0 radical (unpaired) electrons. The molecule has 1 heterocycles. The summed E-state index contributed by atoms with van der Waals surface area (Å²) in [6, 6.07) is 11.9. The molecule has 3 rings (SSSR count). The van der Waals surface area contributed by atoms with E-state index in [0.29, 0.717) is 22.9 Å². The number of amides is 1. The number of nitrogens with zero attached hydrogens (tertiary/aromatic N) is 4. The van der Waals surface area contributed by atoms with Crippen LogP contribution in [0.25, 0.3) is 5.69 Å². The number of hydrogen-bond donors (Lipinski definition) is 2. The van der Waals surface area contributed by atoms with Gasteiger partial charge in [-0.2, -0.15) is 9.40 Å². The summed E-state index contributed by atoms with van der Waals surface area (Å²) in [6.45, 7) is 5.29. The molecule has 0 saturated carbocycles. The molecule has 2 N–H and O–H groups in total. The molecule has 11 heteroatoms. The number of methoxy groups -OCH3 is 1. The third kappa shape index (κ3) is 5.25. The normalized spacial score (nSPS) is 12.5. The second kappa shape index (κ2) is 9.23. The van der Waals surface area contributed by atoms with Crippen LogP contribution >= 0.6 is 0 Å². The predicted octanol–water partition coefficient (Wildman–Crippen LogP) is 1.92. The van der Waals surface area contributed by atoms with Crippen LogP contribution in [0.4, 0.5) is 5.69 Å². The maximum atomic E-state index is 12.9. The van der Waals surface area contributed by atoms with Crippen molar-refractivity contribution in [2.45, 2.75) is 31.7 Å². The minimum atomic E-state index is -3.91. The highest BCUT2D eigenvalue weighted by Gasteiger charge is 2.28. The first kappa shape index (κ1) is 22.4. The minimum Gasteiger partial charge on any atom is -0.497 e. The van der Waals surface area contributed by atoms with Gasteiger partial charge in [-0.1, -0.05) is 19.9 Å². The summed E-state index contributed by atoms with van der Waals surface area (Å²) in [4.78, 5) is 13.0. The van der Waals surface area contributed by atoms with Crippen molar-refractivity contribution in [2.24, 2.45) is 5.92 Å². The molecule has 2 aromatic carbocycles. The summed E-state index contributed by atoms with van der Waals surface area (Å²) >= 11 is 0. The zero-order valence-electron chi connectivity index (χ0n) is 17.6. The molecule has 164 valence electrons. The Morgan fingerprint density at radius 2 is 1.84 bits per heavy atom. The Morgan fingerprint density at radius 3 is 2.42 bits per heavy atom. The van der Waals surface area contributed by atoms with E-state index in [1.54, 1.807) is 57.2 Å². The molecule has 0 aliphatic carbocycles. The summed E-state index contributed by atoms with van der Waals surface area (Å²) < 4.78 is 34.7. The van der Waals surface area contributed by atoms with Crippen LogP contribution < -0.4 is 14.8 Å². The Morgan fingerprint density at radius 1 is 1.13 bits per heavy atom. The van der Waals surface area contributed by atoms with E-state index in [1.807, 2.05) is 0 Å². The van der Waals surface area contributed by atoms with Crippen molar-refractivity contribution in [3.63, 3.8) is 0 Å². The van der Waals surface area contributed by atoms with Gasteiger partial charge in [0.2, 0.25) is 15.9 Å². The molecule has 1 atom stereocenters. The number of hydrogen-bond acceptors (Lipinski definition) is 7. The molecule has 1 amide bonds. The average Bonchev–Trinajstić information content (AvgIpc) is 3.18. The molecule has 0 spiro atoms. The highest BCUT2D eigenvalue weighted by molar-refractivity contribution is 7.89. The Bertz CT molecular complexity index is 1160. The number of sulfonamides is 1. The predicted molar refractivity (Wildman–Crippen MR) is 114 cm³/mol. The third-order valence-electron chi connectivity index (χ3n) is 4.58. The molecule has 31 heavy (non-hydrogen) atoms. The smallest absolute Gasteiger partial charge is 0.242 e. The Labute approximate surface area is 180 Å². The molecule has 0 fully saturated rings. The van der Waals surface area contributed by atoms with Crippen LogP contribution in [0.1, 0.15) is 19.7 Å². The number of benzene rings is 2. The molecule has 0 aliphatic heterocycles. The van der Waals surface area contributed by atoms with Crippen LogP contribution in [0, 0.1) is 12.8 Å². The molecule has 1 aromatic heterocycles. The van der Waals surface area contributed by atoms with E-state index in [0.717, 1.165) is 0 Å². The molecular weight excluding hydrogens is 420 g/mol. The van der Waals surface area contributed by atoms with Gasteiger partial charge in [0, 0.05) is 5.69 Å². The fourth-order valence-electron chi connectivity index (χ4n) is 2.89. The number of nitrogens with one attached hydrogen (secondary N) is 2. The second-order valence-electron chi connectivity index (χ2n) is 7.20. The van der Waals surface area contributed by atoms with Crippen molar-refractivity contribution in [3.05, 3.63) is 54.4 Å². The number of rotatable bonds is 8. The number of aromatic nitrogens is 4. The zero-order valence-corrected chi connectivity index (χ0v) is 18.4. The van der Waals surface area contributed by atoms with E-state index in [4.69, 9.17) is 4.74 Å². The Hall–Kier alpha value is -3.31. The van der Waals surface area contributed by atoms with Gasteiger partial charge in [0.05, 0.1) is 17.7 Å². The highest BCUT2D eigenvalue weighted by atomic mass is 32.2. The fourth-order valence-corrected chi connectivity index (χ4v) is 4.23. The van der Waals surface area contributed by atoms with Crippen LogP contribution in [0.3, 0.4) is 0 Å². The summed E-state index contributed by atoms with van der Waals surface area (Å²) in [5, 5.41) is 14.1. The maximum Gasteiger partial charge on any atom is 0.242 e. The average molecular weight is 445 g/mol. The lowest BCUT2D eigenvalue weighted by Crippen LogP contribution is -2.47. The molecular formula is C20H24N6O4S. The van der Waals surface area contributed by atoms with Gasteiger partial charge in [-0.25, -0.2) is 8.42 Å². The number of carbonyl (C=O) groups is 1. The zero-order chi connectivity index (χ0) is 22.6. The monoisotopic (exact) mass is 444 g/mol. The van der Waals surface area contributed by atoms with Gasteiger partial charge in [0.1, 0.15) is 11.8 Å². The van der Waals surface area contributed by atoms with E-state index < -0.39 is 22.0 Å². The van der Waals surface area contributed by atoms with Crippen LogP contribution in [0.5, 0.6) is 5.75 Å². The van der Waals surface area contributed by atoms with Gasteiger partial charge in [-0.15, -0.1) is 5.10 Å². The van der Waals surface area contributed by atoms with Gasteiger partial charge in [0.25, 0.3) is 0 Å². The molecule has 0 bridgehead atoms. The van der Waals surface area contributed by atoms with Gasteiger partial charge >= 0.3 is 0 Å². The number of carbonyl (C=O) groups excluding carboxylic acids is 1. The molecule has 10 nitrogen and oxygen atoms in total. The van der Waals surface area contributed by atoms with Crippen LogP contribution in [0.2, 0.25) is 0 Å². The van der Waals surface area contributed by atoms with Crippen LogP contribution in [-0.4, -0.2) is 47.7 Å². The first-order valence-electron chi connectivity index (χ1n) is 9.54. The first-order chi connectivity index (χ1) is 14.7. The lowest BCUT2D eigenvalue weighted by atomic mass is 10.0. The number of anilines is 1. The quantitative estimate of drug-likeness (QED) is 0.543. The lowest BCUT2D eigenvalue weighted by molar-refractivity contribution is -0.118. The largest absolute Gasteiger partial charge is 0.497 e. The second-order valence-corrected chi connectivity index (χ2v) is 8.91. The van der Waals surface area contributed by atoms with Crippen molar-refractivity contribution in [1.29, 1.82) is 0 Å². The van der Waals surface area contributed by atoms with Gasteiger partial charge < -0.3 is 10.1 Å². The summed E-state index contributed by atoms with van der Waals surface area (Å²) in [6.07, 6.45) is 0. The van der Waals surface area contributed by atoms with Gasteiger partial charge in [-0.05, 0) is 65.7 Å². The third-order valence-corrected chi connectivity index (χ3v) is 6.04. The van der Waals surface area contributed by atoms with E-state index in [-0.39, 0.29) is 10.8 Å². The Balaban J connectivity index is 1.79. The van der Waals surface area contributed by atoms with Crippen molar-refractivity contribution in [2.75, 3.05) is 12.4 Å². The van der Waals surface area contributed by atoms with Crippen molar-refractivity contribution in [3.8, 4) is 11.4 Å². The van der Waals surface area contributed by atoms with E-state index in [9.17, 15) is 13.2 Å². The van der Waals surface area contributed by atoms with Crippen LogP contribution in [0.15, 0.2) is 53.4 Å². The number of tetrazole rings is 1. The van der Waals surface area contributed by atoms with E-state index in [2.05, 4.69) is 25.6 Å². The van der Waals surface area contributed by atoms with E-state index >= 15 is 0 Å². The standard InChI is InChI=1S/C20H24N6O4S/c1-13(2)19(23-31(28,29)18-10-8-17(30-4)9-11-18)20(27)21-15-6-5-7-16(12-15)26-14(3)22-24-25-26/h5-13,19,23H,1-4H3,(H,21,27)/t19-/m0/s1. The van der Waals surface area contributed by atoms with Crippen molar-refractivity contribution < 1.29 is 17.9 Å². The lowest BCUT2D eigenvalue weighted by Gasteiger charge is -2.22. The van der Waals surface area contributed by atoms with Crippen molar-refractivity contribution >= 4 is 21.6 Å². The summed E-state index contributed by atoms with van der Waals surface area (Å²) in [5.41, 5.74) is 1.16. The van der Waals surface area contributed by atoms with Gasteiger partial charge in [-0.3, -0.25) is 4.79 Å². The summed E-state index contributed by atoms with van der Waals surface area (Å²) in [5.74, 6) is 0.362. The summed E-state index contributed by atoms with van der Waals surface area (Å²) in [7, 11) is -2.42. The van der Waals surface area contributed by atoms with Crippen LogP contribution in [-0.2, 0) is 14.8 Å². The SMILES string of the molecule is COc1ccc(S(=O)(=O)N[C@H](C(=O)Nc2cccc(-n3nnnc3C)c2)C(C)C)cc1. The number of aryl methyl sites for hydroxylation is 1. The molecule has 0 saturated heterocycles. The molecule has 3 aromatic rings. The Kier molecular flexibility index (Phi) is 6.66. The van der Waals surface area contributed by atoms with Crippen molar-refractivity contribution in [1.82, 2.24) is 24.9 Å². The fraction of sp³-hybridized carbons (Fsp3) is 0.300. The number of ether oxygens (including phenoxy) is 1. The first-order valence-corrected chi connectivity index (χ1v) is 11.0.